The normalized spacial score (nSPS) is 12.4. The molecule has 266 valence electrons. The van der Waals surface area contributed by atoms with E-state index in [1.807, 2.05) is 0 Å². The van der Waals surface area contributed by atoms with E-state index < -0.39 is 5.97 Å². The maximum absolute atomic E-state index is 12.6. The second-order valence-electron chi connectivity index (χ2n) is 12.8. The molecule has 0 aromatic heterocycles. The third kappa shape index (κ3) is 34.5. The molecule has 6 heteroatoms. The zero-order valence-electron chi connectivity index (χ0n) is 29.9. The molecule has 1 amide bonds. The van der Waals surface area contributed by atoms with E-state index in [0.717, 1.165) is 57.8 Å². The van der Waals surface area contributed by atoms with Crippen LogP contribution in [0.4, 0.5) is 0 Å². The molecular weight excluding hydrogens is 574 g/mol. The molecule has 0 saturated carbocycles. The second-order valence-corrected chi connectivity index (χ2v) is 12.8. The van der Waals surface area contributed by atoms with E-state index in [1.165, 1.54) is 103 Å². The molecule has 0 aromatic carbocycles. The number of allylic oxidation sites excluding steroid dienone is 5. The summed E-state index contributed by atoms with van der Waals surface area (Å²) in [7, 11) is 0. The Morgan fingerprint density at radius 1 is 0.587 bits per heavy atom. The predicted molar refractivity (Wildman–Crippen MR) is 194 cm³/mol. The van der Waals surface area contributed by atoms with Gasteiger partial charge in [0.1, 0.15) is 12.6 Å². The van der Waals surface area contributed by atoms with Gasteiger partial charge in [-0.15, -0.1) is 0 Å². The lowest BCUT2D eigenvalue weighted by atomic mass is 10.1. The van der Waals surface area contributed by atoms with Crippen LogP contribution in [0.15, 0.2) is 36.5 Å². The highest BCUT2D eigenvalue weighted by atomic mass is 16.5. The third-order valence-corrected chi connectivity index (χ3v) is 8.27. The number of nitrogens with one attached hydrogen (secondary N) is 1. The summed E-state index contributed by atoms with van der Waals surface area (Å²) in [6.07, 6.45) is 42.9. The summed E-state index contributed by atoms with van der Waals surface area (Å²) >= 11 is 0. The van der Waals surface area contributed by atoms with Crippen LogP contribution in [0.25, 0.3) is 0 Å². The monoisotopic (exact) mass is 646 g/mol. The molecule has 0 fully saturated rings. The van der Waals surface area contributed by atoms with Crippen molar-refractivity contribution in [3.8, 4) is 0 Å². The van der Waals surface area contributed by atoms with Crippen molar-refractivity contribution >= 4 is 17.8 Å². The molecule has 1 unspecified atom stereocenters. The standard InChI is InChI=1S/C40H71NO5/c1-3-5-7-9-11-12-13-14-15-16-17-18-19-20-21-22-23-25-31-35-40(45)46-37(32-28-24-10-8-6-4-2)33-29-26-27-30-34-38(42)41-36-39(43)44/h11-12,14-15,28,32,37H,3-10,13,16-27,29-31,33-36H2,1-2H3,(H,41,42)(H,43,44)/b12-11-,15-14-,32-28-. The fourth-order valence-electron chi connectivity index (χ4n) is 5.39. The van der Waals surface area contributed by atoms with Gasteiger partial charge in [0.2, 0.25) is 5.91 Å². The van der Waals surface area contributed by atoms with E-state index in [4.69, 9.17) is 9.84 Å². The first-order valence-corrected chi connectivity index (χ1v) is 19.1. The minimum absolute atomic E-state index is 0.0900. The minimum atomic E-state index is -1.03. The number of hydrogen-bond acceptors (Lipinski definition) is 4. The average molecular weight is 646 g/mol. The van der Waals surface area contributed by atoms with Crippen LogP contribution in [0.5, 0.6) is 0 Å². The molecule has 0 saturated heterocycles. The van der Waals surface area contributed by atoms with Gasteiger partial charge in [-0.2, -0.15) is 0 Å². The van der Waals surface area contributed by atoms with Crippen molar-refractivity contribution in [2.75, 3.05) is 6.54 Å². The van der Waals surface area contributed by atoms with Crippen molar-refractivity contribution in [2.24, 2.45) is 0 Å². The van der Waals surface area contributed by atoms with Crippen LogP contribution in [0.3, 0.4) is 0 Å². The molecule has 46 heavy (non-hydrogen) atoms. The highest BCUT2D eigenvalue weighted by Gasteiger charge is 2.12. The first-order chi connectivity index (χ1) is 22.5. The zero-order valence-corrected chi connectivity index (χ0v) is 29.9. The molecule has 0 aliphatic carbocycles. The fourth-order valence-corrected chi connectivity index (χ4v) is 5.39. The van der Waals surface area contributed by atoms with Crippen molar-refractivity contribution in [3.63, 3.8) is 0 Å². The molecule has 0 bridgehead atoms. The zero-order chi connectivity index (χ0) is 33.8. The number of ether oxygens (including phenoxy) is 1. The summed E-state index contributed by atoms with van der Waals surface area (Å²) in [5, 5.41) is 11.0. The Labute approximate surface area is 283 Å². The molecule has 2 N–H and O–H groups in total. The number of unbranched alkanes of at least 4 members (excludes halogenated alkanes) is 19. The van der Waals surface area contributed by atoms with Crippen molar-refractivity contribution in [3.05, 3.63) is 36.5 Å². The molecule has 0 aliphatic heterocycles. The number of carbonyl (C=O) groups excluding carboxylic acids is 2. The number of carboxylic acids is 1. The van der Waals surface area contributed by atoms with Crippen LogP contribution in [-0.4, -0.2) is 35.6 Å². The molecule has 0 rings (SSSR count). The lowest BCUT2D eigenvalue weighted by Crippen LogP contribution is -2.28. The molecule has 0 spiro atoms. The Kier molecular flexibility index (Phi) is 33.7. The van der Waals surface area contributed by atoms with Gasteiger partial charge in [0, 0.05) is 12.8 Å². The highest BCUT2D eigenvalue weighted by Crippen LogP contribution is 2.15. The summed E-state index contributed by atoms with van der Waals surface area (Å²) in [4.78, 5) is 34.8. The first-order valence-electron chi connectivity index (χ1n) is 19.1. The number of amides is 1. The number of hydrogen-bond donors (Lipinski definition) is 2. The Hall–Kier alpha value is -2.37. The summed E-state index contributed by atoms with van der Waals surface area (Å²) in [5.41, 5.74) is 0. The van der Waals surface area contributed by atoms with Gasteiger partial charge < -0.3 is 15.2 Å². The van der Waals surface area contributed by atoms with Gasteiger partial charge in [0.15, 0.2) is 0 Å². The Bertz CT molecular complexity index is 803. The van der Waals surface area contributed by atoms with Crippen LogP contribution < -0.4 is 5.32 Å². The third-order valence-electron chi connectivity index (χ3n) is 8.27. The molecule has 0 heterocycles. The largest absolute Gasteiger partial charge is 0.480 e. The van der Waals surface area contributed by atoms with Gasteiger partial charge in [0.05, 0.1) is 0 Å². The fraction of sp³-hybridized carbons (Fsp3) is 0.775. The summed E-state index contributed by atoms with van der Waals surface area (Å²) in [6, 6.07) is 0. The van der Waals surface area contributed by atoms with Crippen molar-refractivity contribution in [2.45, 2.75) is 193 Å². The van der Waals surface area contributed by atoms with Crippen LogP contribution in [0.2, 0.25) is 0 Å². The van der Waals surface area contributed by atoms with Crippen LogP contribution in [0.1, 0.15) is 187 Å². The summed E-state index contributed by atoms with van der Waals surface area (Å²) in [5.74, 6) is -1.33. The summed E-state index contributed by atoms with van der Waals surface area (Å²) < 4.78 is 5.86. The van der Waals surface area contributed by atoms with Gasteiger partial charge in [-0.05, 0) is 76.7 Å². The van der Waals surface area contributed by atoms with Gasteiger partial charge in [0.25, 0.3) is 0 Å². The Morgan fingerprint density at radius 3 is 1.67 bits per heavy atom. The van der Waals surface area contributed by atoms with Crippen LogP contribution in [0, 0.1) is 0 Å². The van der Waals surface area contributed by atoms with Crippen molar-refractivity contribution in [1.29, 1.82) is 0 Å². The van der Waals surface area contributed by atoms with E-state index in [2.05, 4.69) is 55.6 Å². The molecule has 0 aliphatic rings. The number of carbonyl (C=O) groups is 3. The number of aliphatic carboxylic acids is 1. The smallest absolute Gasteiger partial charge is 0.322 e. The Balaban J connectivity index is 3.98. The van der Waals surface area contributed by atoms with E-state index in [0.29, 0.717) is 12.8 Å². The molecule has 0 aromatic rings. The van der Waals surface area contributed by atoms with Crippen LogP contribution >= 0.6 is 0 Å². The van der Waals surface area contributed by atoms with E-state index in [1.54, 1.807) is 0 Å². The lowest BCUT2D eigenvalue weighted by molar-refractivity contribution is -0.147. The molecular formula is C40H71NO5. The van der Waals surface area contributed by atoms with Gasteiger partial charge in [-0.25, -0.2) is 0 Å². The maximum Gasteiger partial charge on any atom is 0.322 e. The topological polar surface area (TPSA) is 92.7 Å². The SMILES string of the molecule is CCCCC/C=C\C/C=C\CCCCCCCCCCCC(=O)OC(/C=C\CCCCCC)CCCCCCC(=O)NCC(=O)O. The number of carboxylic acid groups (broad SMARTS) is 1. The van der Waals surface area contributed by atoms with Crippen molar-refractivity contribution in [1.82, 2.24) is 5.32 Å². The van der Waals surface area contributed by atoms with Crippen LogP contribution in [-0.2, 0) is 19.1 Å². The number of esters is 1. The van der Waals surface area contributed by atoms with Gasteiger partial charge in [-0.1, -0.05) is 134 Å². The Morgan fingerprint density at radius 2 is 1.07 bits per heavy atom. The lowest BCUT2D eigenvalue weighted by Gasteiger charge is -2.15. The highest BCUT2D eigenvalue weighted by molar-refractivity contribution is 5.80. The van der Waals surface area contributed by atoms with E-state index >= 15 is 0 Å². The molecule has 1 atom stereocenters. The second kappa shape index (κ2) is 35.5. The summed E-state index contributed by atoms with van der Waals surface area (Å²) in [6.45, 7) is 4.14. The minimum Gasteiger partial charge on any atom is -0.480 e. The van der Waals surface area contributed by atoms with Gasteiger partial charge >= 0.3 is 11.9 Å². The average Bonchev–Trinajstić information content (AvgIpc) is 3.04. The van der Waals surface area contributed by atoms with E-state index in [9.17, 15) is 14.4 Å². The maximum atomic E-state index is 12.6. The van der Waals surface area contributed by atoms with Crippen molar-refractivity contribution < 1.29 is 24.2 Å². The van der Waals surface area contributed by atoms with E-state index in [-0.39, 0.29) is 24.5 Å². The quantitative estimate of drug-likeness (QED) is 0.0412. The van der Waals surface area contributed by atoms with Gasteiger partial charge in [-0.3, -0.25) is 14.4 Å². The predicted octanol–water partition coefficient (Wildman–Crippen LogP) is 11.3. The number of rotatable bonds is 34. The molecule has 0 radical (unpaired) electrons. The molecule has 6 nitrogen and oxygen atoms in total. The first kappa shape index (κ1) is 43.6.